The molecule has 0 aromatic heterocycles. The van der Waals surface area contributed by atoms with Crippen LogP contribution in [0.3, 0.4) is 0 Å². The Kier molecular flexibility index (Phi) is 5.60. The standard InChI is InChI=1S/C13H24N2O4/c1-10(9-19-3)15(2)12(18)14-13(8-11(16)17)6-4-5-7-13/h10H,4-9H2,1-3H3,(H,14,18)(H,16,17). The predicted molar refractivity (Wildman–Crippen MR) is 71.1 cm³/mol. The molecule has 110 valence electrons. The lowest BCUT2D eigenvalue weighted by molar-refractivity contribution is -0.138. The quantitative estimate of drug-likeness (QED) is 0.767. The molecule has 1 saturated carbocycles. The summed E-state index contributed by atoms with van der Waals surface area (Å²) in [5, 5.41) is 11.9. The molecule has 0 aliphatic heterocycles. The molecule has 0 heterocycles. The molecule has 2 N–H and O–H groups in total. The van der Waals surface area contributed by atoms with Gasteiger partial charge in [0, 0.05) is 14.2 Å². The lowest BCUT2D eigenvalue weighted by Crippen LogP contribution is -2.54. The fourth-order valence-electron chi connectivity index (χ4n) is 2.56. The van der Waals surface area contributed by atoms with E-state index in [1.807, 2.05) is 6.92 Å². The Morgan fingerprint density at radius 2 is 2.00 bits per heavy atom. The molecule has 6 heteroatoms. The number of amides is 2. The number of likely N-dealkylation sites (N-methyl/N-ethyl adjacent to an activating group) is 1. The van der Waals surface area contributed by atoms with Gasteiger partial charge < -0.3 is 20.1 Å². The molecule has 2 amide bonds. The van der Waals surface area contributed by atoms with Gasteiger partial charge in [-0.25, -0.2) is 4.79 Å². The lowest BCUT2D eigenvalue weighted by Gasteiger charge is -2.33. The van der Waals surface area contributed by atoms with Crippen molar-refractivity contribution >= 4 is 12.0 Å². The van der Waals surface area contributed by atoms with Gasteiger partial charge in [0.1, 0.15) is 0 Å². The molecule has 1 rings (SSSR count). The summed E-state index contributed by atoms with van der Waals surface area (Å²) in [5.41, 5.74) is -0.579. The van der Waals surface area contributed by atoms with Gasteiger partial charge in [0.15, 0.2) is 0 Å². The van der Waals surface area contributed by atoms with Crippen LogP contribution >= 0.6 is 0 Å². The first-order chi connectivity index (χ1) is 8.90. The molecular formula is C13H24N2O4. The van der Waals surface area contributed by atoms with Crippen molar-refractivity contribution in [2.45, 2.75) is 50.6 Å². The third-order valence-electron chi connectivity index (χ3n) is 3.81. The largest absolute Gasteiger partial charge is 0.481 e. The van der Waals surface area contributed by atoms with Crippen LogP contribution in [0.25, 0.3) is 0 Å². The highest BCUT2D eigenvalue weighted by Crippen LogP contribution is 2.32. The first kappa shape index (κ1) is 15.8. The summed E-state index contributed by atoms with van der Waals surface area (Å²) in [6, 6.07) is -0.277. The number of rotatable bonds is 6. The zero-order chi connectivity index (χ0) is 14.5. The summed E-state index contributed by atoms with van der Waals surface area (Å²) < 4.78 is 5.02. The van der Waals surface area contributed by atoms with Crippen molar-refractivity contribution in [2.24, 2.45) is 0 Å². The number of hydrogen-bond donors (Lipinski definition) is 2. The fraction of sp³-hybridized carbons (Fsp3) is 0.846. The first-order valence-electron chi connectivity index (χ1n) is 6.66. The van der Waals surface area contributed by atoms with E-state index in [0.717, 1.165) is 25.7 Å². The van der Waals surface area contributed by atoms with E-state index < -0.39 is 11.5 Å². The maximum Gasteiger partial charge on any atom is 0.317 e. The van der Waals surface area contributed by atoms with Crippen molar-refractivity contribution in [3.63, 3.8) is 0 Å². The van der Waals surface area contributed by atoms with E-state index in [4.69, 9.17) is 9.84 Å². The molecule has 19 heavy (non-hydrogen) atoms. The summed E-state index contributed by atoms with van der Waals surface area (Å²) in [4.78, 5) is 24.7. The Labute approximate surface area is 114 Å². The molecule has 0 radical (unpaired) electrons. The number of methoxy groups -OCH3 is 1. The monoisotopic (exact) mass is 272 g/mol. The van der Waals surface area contributed by atoms with Crippen molar-refractivity contribution in [1.82, 2.24) is 10.2 Å². The molecule has 1 unspecified atom stereocenters. The second-order valence-corrected chi connectivity index (χ2v) is 5.40. The second-order valence-electron chi connectivity index (χ2n) is 5.40. The van der Waals surface area contributed by atoms with E-state index in [-0.39, 0.29) is 18.5 Å². The average molecular weight is 272 g/mol. The first-order valence-corrected chi connectivity index (χ1v) is 6.66. The van der Waals surface area contributed by atoms with E-state index in [0.29, 0.717) is 6.61 Å². The molecule has 0 aromatic rings. The molecule has 0 saturated heterocycles. The zero-order valence-electron chi connectivity index (χ0n) is 11.9. The second kappa shape index (κ2) is 6.75. The van der Waals surface area contributed by atoms with E-state index in [1.165, 1.54) is 0 Å². The fourth-order valence-corrected chi connectivity index (χ4v) is 2.56. The summed E-state index contributed by atoms with van der Waals surface area (Å²) in [7, 11) is 3.29. The van der Waals surface area contributed by atoms with Gasteiger partial charge in [-0.15, -0.1) is 0 Å². The summed E-state index contributed by atoms with van der Waals surface area (Å²) in [6.45, 7) is 2.34. The lowest BCUT2D eigenvalue weighted by atomic mass is 9.93. The maximum absolute atomic E-state index is 12.2. The van der Waals surface area contributed by atoms with Gasteiger partial charge in [-0.3, -0.25) is 4.79 Å². The van der Waals surface area contributed by atoms with Gasteiger partial charge in [-0.2, -0.15) is 0 Å². The topological polar surface area (TPSA) is 78.9 Å². The molecule has 0 spiro atoms. The van der Waals surface area contributed by atoms with E-state index >= 15 is 0 Å². The minimum absolute atomic E-state index is 0.00869. The van der Waals surface area contributed by atoms with Crippen molar-refractivity contribution in [2.75, 3.05) is 20.8 Å². The number of carboxylic acids is 1. The number of carboxylic acid groups (broad SMARTS) is 1. The van der Waals surface area contributed by atoms with E-state index in [2.05, 4.69) is 5.32 Å². The number of nitrogens with one attached hydrogen (secondary N) is 1. The molecule has 6 nitrogen and oxygen atoms in total. The number of carbonyl (C=O) groups excluding carboxylic acids is 1. The van der Waals surface area contributed by atoms with Gasteiger partial charge in [0.05, 0.1) is 24.6 Å². The van der Waals surface area contributed by atoms with Crippen molar-refractivity contribution < 1.29 is 19.4 Å². The number of carbonyl (C=O) groups is 2. The van der Waals surface area contributed by atoms with Crippen LogP contribution in [0.1, 0.15) is 39.0 Å². The number of aliphatic carboxylic acids is 1. The highest BCUT2D eigenvalue weighted by molar-refractivity contribution is 5.77. The van der Waals surface area contributed by atoms with Crippen LogP contribution in [-0.4, -0.2) is 54.4 Å². The van der Waals surface area contributed by atoms with Crippen LogP contribution in [0.2, 0.25) is 0 Å². The predicted octanol–water partition coefficient (Wildman–Crippen LogP) is 1.45. The van der Waals surface area contributed by atoms with E-state index in [1.54, 1.807) is 19.1 Å². The highest BCUT2D eigenvalue weighted by Gasteiger charge is 2.38. The minimum atomic E-state index is -0.866. The smallest absolute Gasteiger partial charge is 0.317 e. The van der Waals surface area contributed by atoms with Crippen LogP contribution in [0.15, 0.2) is 0 Å². The maximum atomic E-state index is 12.2. The van der Waals surface area contributed by atoms with Crippen molar-refractivity contribution in [1.29, 1.82) is 0 Å². The third kappa shape index (κ3) is 4.38. The highest BCUT2D eigenvalue weighted by atomic mass is 16.5. The van der Waals surface area contributed by atoms with Crippen LogP contribution in [0.5, 0.6) is 0 Å². The van der Waals surface area contributed by atoms with Crippen LogP contribution < -0.4 is 5.32 Å². The minimum Gasteiger partial charge on any atom is -0.481 e. The molecule has 0 bridgehead atoms. The van der Waals surface area contributed by atoms with Crippen LogP contribution in [-0.2, 0) is 9.53 Å². The summed E-state index contributed by atoms with van der Waals surface area (Å²) in [6.07, 6.45) is 3.39. The molecule has 1 aliphatic rings. The molecule has 1 fully saturated rings. The third-order valence-corrected chi connectivity index (χ3v) is 3.81. The van der Waals surface area contributed by atoms with Gasteiger partial charge in [0.25, 0.3) is 0 Å². The zero-order valence-corrected chi connectivity index (χ0v) is 11.9. The van der Waals surface area contributed by atoms with Crippen LogP contribution in [0, 0.1) is 0 Å². The SMILES string of the molecule is COCC(C)N(C)C(=O)NC1(CC(=O)O)CCCC1. The normalized spacial score (nSPS) is 18.9. The number of hydrogen-bond acceptors (Lipinski definition) is 3. The van der Waals surface area contributed by atoms with Gasteiger partial charge in [-0.05, 0) is 19.8 Å². The van der Waals surface area contributed by atoms with Crippen molar-refractivity contribution in [3.05, 3.63) is 0 Å². The Hall–Kier alpha value is -1.30. The van der Waals surface area contributed by atoms with Crippen molar-refractivity contribution in [3.8, 4) is 0 Å². The van der Waals surface area contributed by atoms with E-state index in [9.17, 15) is 9.59 Å². The average Bonchev–Trinajstić information content (AvgIpc) is 2.75. The van der Waals surface area contributed by atoms with Crippen LogP contribution in [0.4, 0.5) is 4.79 Å². The number of nitrogens with zero attached hydrogens (tertiary/aromatic N) is 1. The summed E-state index contributed by atoms with van der Waals surface area (Å²) in [5.74, 6) is -0.866. The summed E-state index contributed by atoms with van der Waals surface area (Å²) >= 11 is 0. The Bertz CT molecular complexity index is 327. The number of ether oxygens (including phenoxy) is 1. The van der Waals surface area contributed by atoms with Gasteiger partial charge in [0.2, 0.25) is 0 Å². The Morgan fingerprint density at radius 3 is 2.47 bits per heavy atom. The Balaban J connectivity index is 2.63. The molecular weight excluding hydrogens is 248 g/mol. The van der Waals surface area contributed by atoms with Gasteiger partial charge >= 0.3 is 12.0 Å². The van der Waals surface area contributed by atoms with Gasteiger partial charge in [-0.1, -0.05) is 12.8 Å². The Morgan fingerprint density at radius 1 is 1.42 bits per heavy atom. The molecule has 1 atom stereocenters. The molecule has 0 aromatic carbocycles. The number of urea groups is 1. The molecule has 1 aliphatic carbocycles.